The zero-order valence-corrected chi connectivity index (χ0v) is 13.1. The van der Waals surface area contributed by atoms with Crippen LogP contribution < -0.4 is 9.47 Å². The molecule has 2 aromatic rings. The maximum Gasteiger partial charge on any atom is 0.186 e. The van der Waals surface area contributed by atoms with Crippen LogP contribution in [0.25, 0.3) is 0 Å². The van der Waals surface area contributed by atoms with Crippen molar-refractivity contribution in [3.63, 3.8) is 0 Å². The molecule has 7 heteroatoms. The highest BCUT2D eigenvalue weighted by Gasteiger charge is 2.19. The van der Waals surface area contributed by atoms with E-state index in [2.05, 4.69) is 10.1 Å². The molecule has 2 heterocycles. The molecule has 116 valence electrons. The lowest BCUT2D eigenvalue weighted by molar-refractivity contribution is 0.0853. The Morgan fingerprint density at radius 1 is 1.32 bits per heavy atom. The molecule has 0 unspecified atom stereocenters. The van der Waals surface area contributed by atoms with Gasteiger partial charge in [-0.15, -0.1) is 0 Å². The molecule has 0 amide bonds. The molecular weight excluding hydrogens is 306 g/mol. The molecular formula is C15H16ClN3O3. The third-order valence-electron chi connectivity index (χ3n) is 2.97. The van der Waals surface area contributed by atoms with Gasteiger partial charge in [0.25, 0.3) is 0 Å². The van der Waals surface area contributed by atoms with Crippen LogP contribution in [0.4, 0.5) is 0 Å². The molecule has 0 fully saturated rings. The number of benzene rings is 1. The normalized spacial score (nSPS) is 14.3. The number of hydrogen-bond acceptors (Lipinski definition) is 5. The van der Waals surface area contributed by atoms with E-state index < -0.39 is 0 Å². The lowest BCUT2D eigenvalue weighted by atomic mass is 10.1. The molecule has 0 spiro atoms. The number of hydrogen-bond donors (Lipinski definition) is 0. The Morgan fingerprint density at radius 2 is 2.05 bits per heavy atom. The summed E-state index contributed by atoms with van der Waals surface area (Å²) >= 11 is 6.38. The van der Waals surface area contributed by atoms with E-state index in [1.165, 1.54) is 0 Å². The van der Waals surface area contributed by atoms with Gasteiger partial charge in [-0.1, -0.05) is 16.8 Å². The van der Waals surface area contributed by atoms with Gasteiger partial charge in [0.15, 0.2) is 17.3 Å². The van der Waals surface area contributed by atoms with Gasteiger partial charge in [-0.2, -0.15) is 0 Å². The molecule has 1 aliphatic rings. The standard InChI is InChI=1S/C15H16ClN3O3/c1-10(2)22-18-15(19-4-3-17-9-19)11-7-13-14(8-12(11)16)21-6-5-20-13/h3-4,7-10H,5-6H2,1-2H3/b18-15-. The predicted octanol–water partition coefficient (Wildman–Crippen LogP) is 2.94. The zero-order chi connectivity index (χ0) is 15.5. The molecule has 1 aromatic heterocycles. The van der Waals surface area contributed by atoms with Gasteiger partial charge in [-0.05, 0) is 19.9 Å². The van der Waals surface area contributed by atoms with Gasteiger partial charge >= 0.3 is 0 Å². The average molecular weight is 322 g/mol. The van der Waals surface area contributed by atoms with Crippen molar-refractivity contribution >= 4 is 17.4 Å². The van der Waals surface area contributed by atoms with E-state index in [-0.39, 0.29) is 6.10 Å². The van der Waals surface area contributed by atoms with Crippen LogP contribution in [0.15, 0.2) is 36.0 Å². The van der Waals surface area contributed by atoms with E-state index in [4.69, 9.17) is 25.9 Å². The minimum absolute atomic E-state index is 0.0468. The van der Waals surface area contributed by atoms with Gasteiger partial charge in [0.05, 0.1) is 5.02 Å². The lowest BCUT2D eigenvalue weighted by Crippen LogP contribution is -2.18. The van der Waals surface area contributed by atoms with Crippen LogP contribution in [0, 0.1) is 0 Å². The van der Waals surface area contributed by atoms with Crippen LogP contribution in [-0.2, 0) is 4.84 Å². The van der Waals surface area contributed by atoms with E-state index in [0.717, 1.165) is 0 Å². The van der Waals surface area contributed by atoms with E-state index in [0.29, 0.717) is 41.1 Å². The second-order valence-corrected chi connectivity index (χ2v) is 5.42. The maximum absolute atomic E-state index is 6.38. The third kappa shape index (κ3) is 3.01. The summed E-state index contributed by atoms with van der Waals surface area (Å²) in [5, 5.41) is 4.71. The maximum atomic E-state index is 6.38. The molecule has 6 nitrogen and oxygen atoms in total. The van der Waals surface area contributed by atoms with Crippen LogP contribution in [0.3, 0.4) is 0 Å². The first-order valence-electron chi connectivity index (χ1n) is 6.97. The number of aromatic nitrogens is 2. The highest BCUT2D eigenvalue weighted by molar-refractivity contribution is 6.34. The summed E-state index contributed by atoms with van der Waals surface area (Å²) in [6, 6.07) is 3.53. The highest BCUT2D eigenvalue weighted by atomic mass is 35.5. The molecule has 1 aromatic carbocycles. The summed E-state index contributed by atoms with van der Waals surface area (Å²) in [6.45, 7) is 4.83. The van der Waals surface area contributed by atoms with E-state index in [9.17, 15) is 0 Å². The largest absolute Gasteiger partial charge is 0.486 e. The van der Waals surface area contributed by atoms with Crippen LogP contribution in [0.1, 0.15) is 19.4 Å². The number of oxime groups is 1. The fraction of sp³-hybridized carbons (Fsp3) is 0.333. The summed E-state index contributed by atoms with van der Waals surface area (Å²) < 4.78 is 12.9. The smallest absolute Gasteiger partial charge is 0.186 e. The average Bonchev–Trinajstić information content (AvgIpc) is 3.01. The number of rotatable bonds is 3. The van der Waals surface area contributed by atoms with Crippen molar-refractivity contribution in [3.8, 4) is 11.5 Å². The second-order valence-electron chi connectivity index (χ2n) is 5.01. The van der Waals surface area contributed by atoms with Gasteiger partial charge in [0, 0.05) is 24.0 Å². The second kappa shape index (κ2) is 6.27. The summed E-state index contributed by atoms with van der Waals surface area (Å²) in [5.41, 5.74) is 0.685. The molecule has 0 saturated heterocycles. The summed E-state index contributed by atoms with van der Waals surface area (Å²) in [6.07, 6.45) is 5.02. The van der Waals surface area contributed by atoms with Gasteiger partial charge in [0.1, 0.15) is 25.6 Å². The SMILES string of the molecule is CC(C)O/N=C(/c1cc2c(cc1Cl)OCCO2)n1ccnc1. The van der Waals surface area contributed by atoms with E-state index in [1.54, 1.807) is 35.4 Å². The Balaban J connectivity index is 2.06. The minimum Gasteiger partial charge on any atom is -0.486 e. The first-order valence-corrected chi connectivity index (χ1v) is 7.34. The Morgan fingerprint density at radius 3 is 2.68 bits per heavy atom. The van der Waals surface area contributed by atoms with E-state index >= 15 is 0 Å². The Hall–Kier alpha value is -2.21. The molecule has 22 heavy (non-hydrogen) atoms. The summed E-state index contributed by atoms with van der Waals surface area (Å²) in [4.78, 5) is 9.43. The molecule has 0 N–H and O–H groups in total. The molecule has 0 saturated carbocycles. The number of ether oxygens (including phenoxy) is 2. The molecule has 0 aliphatic carbocycles. The van der Waals surface area contributed by atoms with E-state index in [1.807, 2.05) is 13.8 Å². The zero-order valence-electron chi connectivity index (χ0n) is 12.3. The minimum atomic E-state index is -0.0468. The predicted molar refractivity (Wildman–Crippen MR) is 82.8 cm³/mol. The van der Waals surface area contributed by atoms with Gasteiger partial charge in [0.2, 0.25) is 0 Å². The van der Waals surface area contributed by atoms with Crippen molar-refractivity contribution < 1.29 is 14.3 Å². The number of fused-ring (bicyclic) bond motifs is 1. The van der Waals surface area contributed by atoms with Crippen LogP contribution in [-0.4, -0.2) is 34.7 Å². The van der Waals surface area contributed by atoms with Crippen LogP contribution in [0.5, 0.6) is 11.5 Å². The van der Waals surface area contributed by atoms with Crippen molar-refractivity contribution in [2.45, 2.75) is 20.0 Å². The first-order chi connectivity index (χ1) is 10.6. The van der Waals surface area contributed by atoms with Gasteiger partial charge in [-0.25, -0.2) is 4.98 Å². The van der Waals surface area contributed by atoms with Crippen molar-refractivity contribution in [2.24, 2.45) is 5.16 Å². The monoisotopic (exact) mass is 321 g/mol. The number of halogens is 1. The van der Waals surface area contributed by atoms with Crippen molar-refractivity contribution in [2.75, 3.05) is 13.2 Å². The number of nitrogens with zero attached hydrogens (tertiary/aromatic N) is 3. The molecule has 0 bridgehead atoms. The molecule has 1 aliphatic heterocycles. The van der Waals surface area contributed by atoms with Crippen molar-refractivity contribution in [1.82, 2.24) is 9.55 Å². The van der Waals surface area contributed by atoms with Crippen LogP contribution in [0.2, 0.25) is 5.02 Å². The molecule has 0 radical (unpaired) electrons. The quantitative estimate of drug-likeness (QED) is 0.495. The summed E-state index contributed by atoms with van der Waals surface area (Å²) in [7, 11) is 0. The number of imidazole rings is 1. The fourth-order valence-electron chi connectivity index (χ4n) is 2.01. The van der Waals surface area contributed by atoms with Gasteiger partial charge in [-0.3, -0.25) is 4.57 Å². The lowest BCUT2D eigenvalue weighted by Gasteiger charge is -2.20. The Bertz CT molecular complexity index is 684. The third-order valence-corrected chi connectivity index (χ3v) is 3.28. The Kier molecular flexibility index (Phi) is 4.20. The highest BCUT2D eigenvalue weighted by Crippen LogP contribution is 2.35. The fourth-order valence-corrected chi connectivity index (χ4v) is 2.25. The summed E-state index contributed by atoms with van der Waals surface area (Å²) in [5.74, 6) is 1.81. The van der Waals surface area contributed by atoms with Crippen molar-refractivity contribution in [1.29, 1.82) is 0 Å². The molecule has 0 atom stereocenters. The molecule has 3 rings (SSSR count). The van der Waals surface area contributed by atoms with Crippen LogP contribution >= 0.6 is 11.6 Å². The van der Waals surface area contributed by atoms with Crippen molar-refractivity contribution in [3.05, 3.63) is 41.4 Å². The first kappa shape index (κ1) is 14.7. The Labute approximate surface area is 133 Å². The topological polar surface area (TPSA) is 57.9 Å². The van der Waals surface area contributed by atoms with Gasteiger partial charge < -0.3 is 14.3 Å².